The summed E-state index contributed by atoms with van der Waals surface area (Å²) in [6, 6.07) is 16.1. The number of anilines is 1. The minimum Gasteiger partial charge on any atom is -0.321 e. The van der Waals surface area contributed by atoms with E-state index in [2.05, 4.69) is 32.7 Å². The van der Waals surface area contributed by atoms with E-state index in [1.165, 1.54) is 35.7 Å². The van der Waals surface area contributed by atoms with Gasteiger partial charge in [-0.2, -0.15) is 11.8 Å². The van der Waals surface area contributed by atoms with Crippen LogP contribution in [0, 0.1) is 13.8 Å². The number of carbonyl (C=O) groups is 1. The van der Waals surface area contributed by atoms with Gasteiger partial charge in [0.15, 0.2) is 5.69 Å². The van der Waals surface area contributed by atoms with Crippen LogP contribution in [0.2, 0.25) is 0 Å². The van der Waals surface area contributed by atoms with Crippen LogP contribution in [0.25, 0.3) is 5.69 Å². The zero-order chi connectivity index (χ0) is 20.9. The van der Waals surface area contributed by atoms with Crippen LogP contribution in [0.4, 0.5) is 5.69 Å². The van der Waals surface area contributed by atoms with Gasteiger partial charge in [-0.3, -0.25) is 4.79 Å². The minimum absolute atomic E-state index is 0.246. The molecule has 3 aromatic rings. The Morgan fingerprint density at radius 2 is 1.73 bits per heavy atom. The summed E-state index contributed by atoms with van der Waals surface area (Å²) in [7, 11) is 0. The maximum absolute atomic E-state index is 12.7. The van der Waals surface area contributed by atoms with Crippen LogP contribution in [-0.2, 0) is 6.42 Å². The number of benzene rings is 2. The van der Waals surface area contributed by atoms with E-state index >= 15 is 0 Å². The van der Waals surface area contributed by atoms with Crippen LogP contribution in [0.15, 0.2) is 48.5 Å². The summed E-state index contributed by atoms with van der Waals surface area (Å²) in [5, 5.41) is 11.2. The third-order valence-corrected chi connectivity index (χ3v) is 6.36. The van der Waals surface area contributed by atoms with Crippen molar-refractivity contribution < 1.29 is 4.79 Å². The summed E-state index contributed by atoms with van der Waals surface area (Å²) in [4.78, 5) is 15.2. The number of amides is 1. The van der Waals surface area contributed by atoms with Crippen molar-refractivity contribution >= 4 is 23.4 Å². The first kappa shape index (κ1) is 20.6. The summed E-state index contributed by atoms with van der Waals surface area (Å²) in [5.74, 6) is 2.22. The second-order valence-electron chi connectivity index (χ2n) is 7.63. The van der Waals surface area contributed by atoms with Crippen molar-refractivity contribution in [2.24, 2.45) is 0 Å². The molecular weight excluding hydrogens is 394 g/mol. The molecule has 1 aliphatic rings. The highest BCUT2D eigenvalue weighted by Gasteiger charge is 2.17. The van der Waals surface area contributed by atoms with Crippen molar-refractivity contribution in [3.63, 3.8) is 0 Å². The summed E-state index contributed by atoms with van der Waals surface area (Å²) >= 11 is 2.03. The number of thioether (sulfide) groups is 1. The fourth-order valence-corrected chi connectivity index (χ4v) is 4.51. The largest absolute Gasteiger partial charge is 0.321 e. The van der Waals surface area contributed by atoms with E-state index in [1.807, 2.05) is 62.0 Å². The van der Waals surface area contributed by atoms with Crippen LogP contribution in [0.1, 0.15) is 27.3 Å². The number of aryl methyl sites for hydroxylation is 1. The molecule has 0 bridgehead atoms. The number of hydrogen-bond acceptors (Lipinski definition) is 5. The molecular formula is C23H27N5OS. The lowest BCUT2D eigenvalue weighted by Crippen LogP contribution is -2.34. The van der Waals surface area contributed by atoms with Crippen LogP contribution < -0.4 is 5.32 Å². The molecule has 1 N–H and O–H groups in total. The van der Waals surface area contributed by atoms with E-state index < -0.39 is 0 Å². The van der Waals surface area contributed by atoms with Gasteiger partial charge in [0, 0.05) is 36.8 Å². The normalized spacial score (nSPS) is 14.6. The molecule has 6 nitrogen and oxygen atoms in total. The molecule has 0 aliphatic carbocycles. The van der Waals surface area contributed by atoms with Crippen LogP contribution in [0.5, 0.6) is 0 Å². The van der Waals surface area contributed by atoms with E-state index in [0.717, 1.165) is 24.3 Å². The number of rotatable bonds is 6. The number of aromatic nitrogens is 3. The second-order valence-corrected chi connectivity index (χ2v) is 8.85. The maximum Gasteiger partial charge on any atom is 0.278 e. The average Bonchev–Trinajstić information content (AvgIpc) is 3.16. The highest BCUT2D eigenvalue weighted by molar-refractivity contribution is 7.99. The summed E-state index contributed by atoms with van der Waals surface area (Å²) in [5.41, 5.74) is 5.17. The first-order chi connectivity index (χ1) is 14.6. The van der Waals surface area contributed by atoms with Crippen LogP contribution in [-0.4, -0.2) is 56.9 Å². The number of hydrogen-bond donors (Lipinski definition) is 1. The quantitative estimate of drug-likeness (QED) is 0.657. The van der Waals surface area contributed by atoms with E-state index in [9.17, 15) is 4.79 Å². The van der Waals surface area contributed by atoms with Crippen LogP contribution in [0.3, 0.4) is 0 Å². The van der Waals surface area contributed by atoms with Gasteiger partial charge in [-0.1, -0.05) is 35.0 Å². The van der Waals surface area contributed by atoms with Crippen molar-refractivity contribution in [1.29, 1.82) is 0 Å². The first-order valence-electron chi connectivity index (χ1n) is 10.3. The van der Waals surface area contributed by atoms with Gasteiger partial charge in [-0.25, -0.2) is 4.68 Å². The van der Waals surface area contributed by atoms with E-state index in [-0.39, 0.29) is 5.91 Å². The molecule has 0 saturated carbocycles. The molecule has 1 saturated heterocycles. The Morgan fingerprint density at radius 3 is 2.43 bits per heavy atom. The molecule has 4 rings (SSSR count). The molecule has 0 unspecified atom stereocenters. The topological polar surface area (TPSA) is 63.1 Å². The Morgan fingerprint density at radius 1 is 1.03 bits per heavy atom. The number of nitrogens with zero attached hydrogens (tertiary/aromatic N) is 4. The molecule has 0 radical (unpaired) electrons. The standard InChI is InChI=1S/C23H27N5OS/c1-17-3-9-21(10-4-17)28-18(2)22(25-26-28)23(29)24-20-7-5-19(6-8-20)11-12-27-13-15-30-16-14-27/h3-10H,11-16H2,1-2H3,(H,24,29). The van der Waals surface area contributed by atoms with Gasteiger partial charge in [-0.15, -0.1) is 5.10 Å². The molecule has 30 heavy (non-hydrogen) atoms. The number of carbonyl (C=O) groups excluding carboxylic acids is 1. The SMILES string of the molecule is Cc1ccc(-n2nnc(C(=O)Nc3ccc(CCN4CCSCC4)cc3)c2C)cc1. The third-order valence-electron chi connectivity index (χ3n) is 5.42. The summed E-state index contributed by atoms with van der Waals surface area (Å²) in [6.07, 6.45) is 1.03. The highest BCUT2D eigenvalue weighted by atomic mass is 32.2. The fourth-order valence-electron chi connectivity index (χ4n) is 3.53. The zero-order valence-electron chi connectivity index (χ0n) is 17.5. The van der Waals surface area contributed by atoms with Crippen LogP contribution >= 0.6 is 11.8 Å². The Bertz CT molecular complexity index is 991. The minimum atomic E-state index is -0.246. The van der Waals surface area contributed by atoms with Crippen molar-refractivity contribution in [3.05, 3.63) is 71.0 Å². The summed E-state index contributed by atoms with van der Waals surface area (Å²) < 4.78 is 1.69. The van der Waals surface area contributed by atoms with E-state index in [0.29, 0.717) is 11.4 Å². The highest BCUT2D eigenvalue weighted by Crippen LogP contribution is 2.16. The van der Waals surface area contributed by atoms with Gasteiger partial charge in [0.2, 0.25) is 0 Å². The predicted molar refractivity (Wildman–Crippen MR) is 123 cm³/mol. The lowest BCUT2D eigenvalue weighted by atomic mass is 10.1. The van der Waals surface area contributed by atoms with Gasteiger partial charge >= 0.3 is 0 Å². The average molecular weight is 422 g/mol. The molecule has 0 spiro atoms. The van der Waals surface area contributed by atoms with Crippen molar-refractivity contribution in [3.8, 4) is 5.69 Å². The Hall–Kier alpha value is -2.64. The van der Waals surface area contributed by atoms with E-state index in [1.54, 1.807) is 4.68 Å². The maximum atomic E-state index is 12.7. The van der Waals surface area contributed by atoms with Gasteiger partial charge in [0.05, 0.1) is 11.4 Å². The predicted octanol–water partition coefficient (Wildman–Crippen LogP) is 3.73. The van der Waals surface area contributed by atoms with Gasteiger partial charge in [0.1, 0.15) is 0 Å². The zero-order valence-corrected chi connectivity index (χ0v) is 18.3. The lowest BCUT2D eigenvalue weighted by molar-refractivity contribution is 0.102. The van der Waals surface area contributed by atoms with E-state index in [4.69, 9.17) is 0 Å². The monoisotopic (exact) mass is 421 g/mol. The number of nitrogens with one attached hydrogen (secondary N) is 1. The lowest BCUT2D eigenvalue weighted by Gasteiger charge is -2.26. The van der Waals surface area contributed by atoms with Gasteiger partial charge in [0.25, 0.3) is 5.91 Å². The Balaban J connectivity index is 1.37. The molecule has 0 atom stereocenters. The molecule has 156 valence electrons. The third kappa shape index (κ3) is 4.91. The van der Waals surface area contributed by atoms with Gasteiger partial charge < -0.3 is 10.2 Å². The Labute approximate surface area is 181 Å². The molecule has 1 aliphatic heterocycles. The molecule has 2 aromatic carbocycles. The Kier molecular flexibility index (Phi) is 6.50. The second kappa shape index (κ2) is 9.45. The van der Waals surface area contributed by atoms with Crippen molar-refractivity contribution in [2.75, 3.05) is 36.5 Å². The molecule has 7 heteroatoms. The van der Waals surface area contributed by atoms with Crippen molar-refractivity contribution in [1.82, 2.24) is 19.9 Å². The molecule has 1 fully saturated rings. The summed E-state index contributed by atoms with van der Waals surface area (Å²) in [6.45, 7) is 7.35. The smallest absolute Gasteiger partial charge is 0.278 e. The molecule has 2 heterocycles. The molecule has 1 amide bonds. The fraction of sp³-hybridized carbons (Fsp3) is 0.348. The van der Waals surface area contributed by atoms with Gasteiger partial charge in [-0.05, 0) is 50.1 Å². The first-order valence-corrected chi connectivity index (χ1v) is 11.5. The molecule has 1 aromatic heterocycles. The van der Waals surface area contributed by atoms with Crippen molar-refractivity contribution in [2.45, 2.75) is 20.3 Å².